The first-order valence-corrected chi connectivity index (χ1v) is 12.5. The average molecular weight is 458 g/mol. The quantitative estimate of drug-likeness (QED) is 0.475. The summed E-state index contributed by atoms with van der Waals surface area (Å²) in [5.74, 6) is -0.255. The number of anilines is 1. The lowest BCUT2D eigenvalue weighted by Gasteiger charge is -2.20. The molecule has 0 saturated heterocycles. The number of benzene rings is 2. The minimum atomic E-state index is -3.66. The Bertz CT molecular complexity index is 1110. The monoisotopic (exact) mass is 457 g/mol. The second kappa shape index (κ2) is 10.6. The number of hydrogen-bond acceptors (Lipinski definition) is 5. The fraction of sp³-hybridized carbons (Fsp3) is 0.261. The summed E-state index contributed by atoms with van der Waals surface area (Å²) in [6.07, 6.45) is 0. The Morgan fingerprint density at radius 3 is 2.39 bits per heavy atom. The summed E-state index contributed by atoms with van der Waals surface area (Å²) in [4.78, 5) is 15.0. The number of thiophene rings is 1. The number of nitrogens with zero attached hydrogens (tertiary/aromatic N) is 1. The smallest absolute Gasteiger partial charge is 0.271 e. The van der Waals surface area contributed by atoms with Crippen molar-refractivity contribution in [2.24, 2.45) is 0 Å². The molecule has 3 rings (SSSR count). The van der Waals surface area contributed by atoms with Crippen LogP contribution in [0.5, 0.6) is 0 Å². The van der Waals surface area contributed by atoms with Crippen molar-refractivity contribution in [1.82, 2.24) is 10.2 Å². The van der Waals surface area contributed by atoms with Gasteiger partial charge in [-0.25, -0.2) is 8.42 Å². The third kappa shape index (κ3) is 6.16. The first kappa shape index (κ1) is 23.0. The molecule has 0 bridgehead atoms. The van der Waals surface area contributed by atoms with Crippen LogP contribution in [0.2, 0.25) is 0 Å². The standard InChI is InChI=1S/C23H27N3O3S2/c1-3-26(4-2)17-20-10-6-5-9-19(20)16-24-23(27)18-11-7-12-21(15-18)25-31(28,29)22-13-8-14-30-22/h5-15,25H,3-4,16-17H2,1-2H3,(H,24,27). The molecule has 31 heavy (non-hydrogen) atoms. The van der Waals surface area contributed by atoms with Crippen LogP contribution in [0.4, 0.5) is 5.69 Å². The van der Waals surface area contributed by atoms with Crippen molar-refractivity contribution in [2.45, 2.75) is 31.1 Å². The summed E-state index contributed by atoms with van der Waals surface area (Å²) in [5, 5.41) is 4.65. The molecule has 3 aromatic rings. The molecular weight excluding hydrogens is 430 g/mol. The molecule has 2 aromatic carbocycles. The van der Waals surface area contributed by atoms with Crippen molar-refractivity contribution in [3.63, 3.8) is 0 Å². The van der Waals surface area contributed by atoms with Gasteiger partial charge in [-0.3, -0.25) is 14.4 Å². The zero-order valence-corrected chi connectivity index (χ0v) is 19.3. The van der Waals surface area contributed by atoms with Crippen LogP contribution in [-0.2, 0) is 23.1 Å². The van der Waals surface area contributed by atoms with Gasteiger partial charge in [0.25, 0.3) is 15.9 Å². The van der Waals surface area contributed by atoms with Crippen molar-refractivity contribution < 1.29 is 13.2 Å². The van der Waals surface area contributed by atoms with Crippen molar-refractivity contribution >= 4 is 33.0 Å². The lowest BCUT2D eigenvalue weighted by Crippen LogP contribution is -2.26. The van der Waals surface area contributed by atoms with E-state index in [0.29, 0.717) is 17.8 Å². The largest absolute Gasteiger partial charge is 0.348 e. The van der Waals surface area contributed by atoms with Crippen LogP contribution in [0.3, 0.4) is 0 Å². The summed E-state index contributed by atoms with van der Waals surface area (Å²) in [6, 6.07) is 17.8. The van der Waals surface area contributed by atoms with Crippen LogP contribution in [0.25, 0.3) is 0 Å². The lowest BCUT2D eigenvalue weighted by molar-refractivity contribution is 0.0950. The van der Waals surface area contributed by atoms with Gasteiger partial charge < -0.3 is 5.32 Å². The highest BCUT2D eigenvalue weighted by molar-refractivity contribution is 7.94. The van der Waals surface area contributed by atoms with E-state index >= 15 is 0 Å². The maximum Gasteiger partial charge on any atom is 0.271 e. The van der Waals surface area contributed by atoms with E-state index in [0.717, 1.165) is 36.5 Å². The predicted octanol–water partition coefficient (Wildman–Crippen LogP) is 4.32. The number of hydrogen-bond donors (Lipinski definition) is 2. The van der Waals surface area contributed by atoms with Crippen LogP contribution in [0.1, 0.15) is 35.3 Å². The van der Waals surface area contributed by atoms with Gasteiger partial charge in [0, 0.05) is 24.3 Å². The number of rotatable bonds is 10. The number of amides is 1. The molecule has 6 nitrogen and oxygen atoms in total. The maximum atomic E-state index is 12.7. The average Bonchev–Trinajstić information content (AvgIpc) is 3.32. The third-order valence-corrected chi connectivity index (χ3v) is 7.76. The molecule has 1 aromatic heterocycles. The summed E-state index contributed by atoms with van der Waals surface area (Å²) < 4.78 is 27.6. The highest BCUT2D eigenvalue weighted by Gasteiger charge is 2.16. The molecule has 0 aliphatic rings. The Balaban J connectivity index is 1.68. The van der Waals surface area contributed by atoms with E-state index in [-0.39, 0.29) is 10.1 Å². The molecule has 2 N–H and O–H groups in total. The topological polar surface area (TPSA) is 78.5 Å². The second-order valence-electron chi connectivity index (χ2n) is 7.03. The first-order valence-electron chi connectivity index (χ1n) is 10.2. The molecule has 0 radical (unpaired) electrons. The Hall–Kier alpha value is -2.68. The van der Waals surface area contributed by atoms with E-state index in [2.05, 4.69) is 34.9 Å². The Kier molecular flexibility index (Phi) is 7.84. The van der Waals surface area contributed by atoms with E-state index < -0.39 is 10.0 Å². The molecule has 8 heteroatoms. The molecular formula is C23H27N3O3S2. The Morgan fingerprint density at radius 1 is 0.968 bits per heavy atom. The van der Waals surface area contributed by atoms with Gasteiger partial charge in [-0.2, -0.15) is 0 Å². The SMILES string of the molecule is CCN(CC)Cc1ccccc1CNC(=O)c1cccc(NS(=O)(=O)c2cccs2)c1. The van der Waals surface area contributed by atoms with Gasteiger partial charge >= 0.3 is 0 Å². The molecule has 0 fully saturated rings. The van der Waals surface area contributed by atoms with Crippen LogP contribution in [0, 0.1) is 0 Å². The fourth-order valence-corrected chi connectivity index (χ4v) is 5.24. The van der Waals surface area contributed by atoms with E-state index in [1.165, 1.54) is 5.56 Å². The minimum absolute atomic E-state index is 0.229. The summed E-state index contributed by atoms with van der Waals surface area (Å²) >= 11 is 1.14. The summed E-state index contributed by atoms with van der Waals surface area (Å²) in [6.45, 7) is 7.43. The summed E-state index contributed by atoms with van der Waals surface area (Å²) in [7, 11) is -3.66. The number of nitrogens with one attached hydrogen (secondary N) is 2. The number of sulfonamides is 1. The summed E-state index contributed by atoms with van der Waals surface area (Å²) in [5.41, 5.74) is 3.00. The third-order valence-electron chi connectivity index (χ3n) is 4.98. The van der Waals surface area contributed by atoms with Crippen LogP contribution in [0.15, 0.2) is 70.3 Å². The Morgan fingerprint density at radius 2 is 1.71 bits per heavy atom. The van der Waals surface area contributed by atoms with Crippen LogP contribution >= 0.6 is 11.3 Å². The molecule has 1 heterocycles. The van der Waals surface area contributed by atoms with E-state index in [1.807, 2.05) is 18.2 Å². The Labute approximate surface area is 188 Å². The molecule has 0 unspecified atom stereocenters. The number of carbonyl (C=O) groups is 1. The van der Waals surface area contributed by atoms with Crippen molar-refractivity contribution in [2.75, 3.05) is 17.8 Å². The van der Waals surface area contributed by atoms with Crippen molar-refractivity contribution in [3.05, 3.63) is 82.7 Å². The highest BCUT2D eigenvalue weighted by Crippen LogP contribution is 2.21. The predicted molar refractivity (Wildman–Crippen MR) is 126 cm³/mol. The van der Waals surface area contributed by atoms with Gasteiger partial charge in [0.15, 0.2) is 0 Å². The second-order valence-corrected chi connectivity index (χ2v) is 9.89. The molecule has 164 valence electrons. The van der Waals surface area contributed by atoms with Crippen molar-refractivity contribution in [1.29, 1.82) is 0 Å². The fourth-order valence-electron chi connectivity index (χ4n) is 3.20. The molecule has 0 aliphatic heterocycles. The molecule has 0 atom stereocenters. The van der Waals surface area contributed by atoms with Gasteiger partial charge in [-0.05, 0) is 53.9 Å². The maximum absolute atomic E-state index is 12.7. The molecule has 1 amide bonds. The van der Waals surface area contributed by atoms with Gasteiger partial charge in [-0.1, -0.05) is 50.2 Å². The zero-order valence-electron chi connectivity index (χ0n) is 17.7. The highest BCUT2D eigenvalue weighted by atomic mass is 32.2. The van der Waals surface area contributed by atoms with Crippen molar-refractivity contribution in [3.8, 4) is 0 Å². The van der Waals surface area contributed by atoms with Crippen LogP contribution < -0.4 is 10.0 Å². The van der Waals surface area contributed by atoms with Gasteiger partial charge in [0.2, 0.25) is 0 Å². The van der Waals surface area contributed by atoms with Gasteiger partial charge in [0.05, 0.1) is 0 Å². The lowest BCUT2D eigenvalue weighted by atomic mass is 10.1. The first-order chi connectivity index (χ1) is 14.9. The molecule has 0 saturated carbocycles. The van der Waals surface area contributed by atoms with Crippen LogP contribution in [-0.4, -0.2) is 32.3 Å². The zero-order chi connectivity index (χ0) is 22.3. The van der Waals surface area contributed by atoms with Gasteiger partial charge in [-0.15, -0.1) is 11.3 Å². The normalized spacial score (nSPS) is 11.5. The van der Waals surface area contributed by atoms with E-state index in [9.17, 15) is 13.2 Å². The van der Waals surface area contributed by atoms with E-state index in [1.54, 1.807) is 41.8 Å². The minimum Gasteiger partial charge on any atom is -0.348 e. The molecule has 0 spiro atoms. The van der Waals surface area contributed by atoms with E-state index in [4.69, 9.17) is 0 Å². The number of carbonyl (C=O) groups excluding carboxylic acids is 1. The molecule has 0 aliphatic carbocycles. The van der Waals surface area contributed by atoms with Gasteiger partial charge in [0.1, 0.15) is 4.21 Å².